The molecule has 0 spiro atoms. The van der Waals surface area contributed by atoms with Crippen molar-refractivity contribution in [1.29, 1.82) is 0 Å². The first-order valence-corrected chi connectivity index (χ1v) is 7.99. The first kappa shape index (κ1) is 14.1. The van der Waals surface area contributed by atoms with Crippen molar-refractivity contribution in [2.75, 3.05) is 6.26 Å². The van der Waals surface area contributed by atoms with E-state index >= 15 is 0 Å². The minimum absolute atomic E-state index is 0.321. The lowest BCUT2D eigenvalue weighted by atomic mass is 10.3. The molecule has 1 saturated carbocycles. The van der Waals surface area contributed by atoms with E-state index < -0.39 is 0 Å². The smallest absolute Gasteiger partial charge is 0.148 e. The topological polar surface area (TPSA) is 34.5 Å². The van der Waals surface area contributed by atoms with E-state index in [1.807, 2.05) is 18.4 Å². The lowest BCUT2D eigenvalue weighted by Gasteiger charge is -2.06. The molecule has 1 aromatic heterocycles. The van der Waals surface area contributed by atoms with E-state index in [0.717, 1.165) is 18.6 Å². The number of benzene rings is 1. The number of rotatable bonds is 4. The number of hydrogen-bond acceptors (Lipinski definition) is 4. The van der Waals surface area contributed by atoms with Gasteiger partial charge in [-0.1, -0.05) is 12.1 Å². The van der Waals surface area contributed by atoms with Crippen LogP contribution >= 0.6 is 11.8 Å². The highest BCUT2D eigenvalue weighted by molar-refractivity contribution is 8.13. The average molecular weight is 302 g/mol. The van der Waals surface area contributed by atoms with Crippen molar-refractivity contribution in [2.45, 2.75) is 18.9 Å². The van der Waals surface area contributed by atoms with Crippen molar-refractivity contribution in [2.24, 2.45) is 4.99 Å². The summed E-state index contributed by atoms with van der Waals surface area (Å²) in [6.07, 6.45) is 6.18. The second kappa shape index (κ2) is 6.26. The van der Waals surface area contributed by atoms with Gasteiger partial charge in [-0.25, -0.2) is 9.38 Å². The third kappa shape index (κ3) is 3.61. The second-order valence-electron chi connectivity index (χ2n) is 4.77. The van der Waals surface area contributed by atoms with E-state index in [-0.39, 0.29) is 5.82 Å². The molecule has 0 aliphatic heterocycles. The number of thioether (sulfide) groups is 1. The summed E-state index contributed by atoms with van der Waals surface area (Å²) < 4.78 is 19.3. The summed E-state index contributed by atoms with van der Waals surface area (Å²) in [5.41, 5.74) is 1.04. The Hall–Kier alpha value is -1.88. The Kier molecular flexibility index (Phi) is 4.20. The maximum Gasteiger partial charge on any atom is 0.148 e. The van der Waals surface area contributed by atoms with Crippen LogP contribution < -0.4 is 4.74 Å². The van der Waals surface area contributed by atoms with Gasteiger partial charge in [-0.05, 0) is 43.4 Å². The fraction of sp³-hybridized carbons (Fsp3) is 0.250. The Bertz CT molecular complexity index is 654. The van der Waals surface area contributed by atoms with Crippen LogP contribution in [-0.4, -0.2) is 22.4 Å². The van der Waals surface area contributed by atoms with Crippen LogP contribution in [0.5, 0.6) is 5.75 Å². The van der Waals surface area contributed by atoms with Crippen molar-refractivity contribution in [3.05, 3.63) is 54.1 Å². The molecule has 0 bridgehead atoms. The molecule has 21 heavy (non-hydrogen) atoms. The van der Waals surface area contributed by atoms with Crippen LogP contribution in [-0.2, 0) is 0 Å². The van der Waals surface area contributed by atoms with Gasteiger partial charge >= 0.3 is 0 Å². The van der Waals surface area contributed by atoms with Gasteiger partial charge in [0.2, 0.25) is 0 Å². The molecule has 3 rings (SSSR count). The highest BCUT2D eigenvalue weighted by Gasteiger charge is 2.23. The van der Waals surface area contributed by atoms with E-state index in [2.05, 4.69) is 9.98 Å². The number of aromatic nitrogens is 1. The number of aliphatic imine (C=N–C) groups is 1. The molecule has 0 N–H and O–H groups in total. The first-order chi connectivity index (χ1) is 10.3. The van der Waals surface area contributed by atoms with Crippen molar-refractivity contribution in [3.8, 4) is 5.75 Å². The molecule has 0 unspecified atom stereocenters. The normalized spacial score (nSPS) is 15.0. The number of nitrogens with zero attached hydrogens (tertiary/aromatic N) is 2. The lowest BCUT2D eigenvalue weighted by Crippen LogP contribution is -2.01. The SMILES string of the molecule is CS/C(=N\c1ccccc1F)c1ccc(OC2CC2)cn1. The predicted octanol–water partition coefficient (Wildman–Crippen LogP) is 4.20. The molecule has 3 nitrogen and oxygen atoms in total. The molecule has 1 aliphatic carbocycles. The Morgan fingerprint density at radius 2 is 2.10 bits per heavy atom. The predicted molar refractivity (Wildman–Crippen MR) is 84.0 cm³/mol. The average Bonchev–Trinajstić information content (AvgIpc) is 3.31. The van der Waals surface area contributed by atoms with Gasteiger partial charge in [-0.3, -0.25) is 4.98 Å². The molecule has 108 valence electrons. The fourth-order valence-electron chi connectivity index (χ4n) is 1.81. The van der Waals surface area contributed by atoms with Crippen LogP contribution in [0.15, 0.2) is 47.6 Å². The van der Waals surface area contributed by atoms with Crippen LogP contribution in [0, 0.1) is 5.82 Å². The summed E-state index contributed by atoms with van der Waals surface area (Å²) in [5.74, 6) is 0.435. The lowest BCUT2D eigenvalue weighted by molar-refractivity contribution is 0.302. The molecule has 1 aromatic carbocycles. The summed E-state index contributed by atoms with van der Waals surface area (Å²) >= 11 is 1.44. The molecular weight excluding hydrogens is 287 g/mol. The zero-order valence-electron chi connectivity index (χ0n) is 11.6. The summed E-state index contributed by atoms with van der Waals surface area (Å²) in [4.78, 5) is 8.71. The van der Waals surface area contributed by atoms with Gasteiger partial charge in [0, 0.05) is 0 Å². The van der Waals surface area contributed by atoms with Gasteiger partial charge in [-0.15, -0.1) is 11.8 Å². The Morgan fingerprint density at radius 3 is 2.71 bits per heavy atom. The highest BCUT2D eigenvalue weighted by Crippen LogP contribution is 2.27. The van der Waals surface area contributed by atoms with Crippen LogP contribution in [0.1, 0.15) is 18.5 Å². The van der Waals surface area contributed by atoms with Crippen molar-refractivity contribution in [1.82, 2.24) is 4.98 Å². The number of pyridine rings is 1. The number of ether oxygens (including phenoxy) is 1. The van der Waals surface area contributed by atoms with Crippen molar-refractivity contribution < 1.29 is 9.13 Å². The minimum Gasteiger partial charge on any atom is -0.489 e. The molecule has 5 heteroatoms. The van der Waals surface area contributed by atoms with E-state index in [1.165, 1.54) is 17.8 Å². The molecule has 1 aliphatic rings. The third-order valence-corrected chi connectivity index (χ3v) is 3.74. The monoisotopic (exact) mass is 302 g/mol. The van der Waals surface area contributed by atoms with Gasteiger partial charge in [0.05, 0.1) is 18.0 Å². The quantitative estimate of drug-likeness (QED) is 0.627. The number of halogens is 1. The van der Waals surface area contributed by atoms with Crippen LogP contribution in [0.25, 0.3) is 0 Å². The standard InChI is InChI=1S/C16H15FN2OS/c1-21-16(19-14-5-3-2-4-13(14)17)15-9-8-12(10-18-15)20-11-6-7-11/h2-5,8-11H,6-7H2,1H3/b19-16-. The molecule has 0 saturated heterocycles. The number of hydrogen-bond donors (Lipinski definition) is 0. The number of para-hydroxylation sites is 1. The van der Waals surface area contributed by atoms with E-state index in [0.29, 0.717) is 22.5 Å². The van der Waals surface area contributed by atoms with E-state index in [1.54, 1.807) is 24.4 Å². The molecule has 2 aromatic rings. The molecule has 1 heterocycles. The maximum atomic E-state index is 13.7. The van der Waals surface area contributed by atoms with Crippen LogP contribution in [0.4, 0.5) is 10.1 Å². The molecular formula is C16H15FN2OS. The molecule has 0 radical (unpaired) electrons. The Balaban J connectivity index is 1.83. The van der Waals surface area contributed by atoms with E-state index in [4.69, 9.17) is 4.74 Å². The van der Waals surface area contributed by atoms with Crippen LogP contribution in [0.2, 0.25) is 0 Å². The molecule has 0 atom stereocenters. The minimum atomic E-state index is -0.335. The van der Waals surface area contributed by atoms with Gasteiger partial charge in [0.1, 0.15) is 22.3 Å². The van der Waals surface area contributed by atoms with E-state index in [9.17, 15) is 4.39 Å². The first-order valence-electron chi connectivity index (χ1n) is 6.76. The summed E-state index contributed by atoms with van der Waals surface area (Å²) in [7, 11) is 0. The highest BCUT2D eigenvalue weighted by atomic mass is 32.2. The summed E-state index contributed by atoms with van der Waals surface area (Å²) in [5, 5.41) is 0.679. The molecule has 1 fully saturated rings. The summed E-state index contributed by atoms with van der Waals surface area (Å²) in [6.45, 7) is 0. The van der Waals surface area contributed by atoms with Gasteiger partial charge in [0.15, 0.2) is 0 Å². The Labute approximate surface area is 127 Å². The second-order valence-corrected chi connectivity index (χ2v) is 5.56. The van der Waals surface area contributed by atoms with Crippen molar-refractivity contribution in [3.63, 3.8) is 0 Å². The third-order valence-electron chi connectivity index (χ3n) is 3.05. The summed E-state index contributed by atoms with van der Waals surface area (Å²) in [6, 6.07) is 10.2. The van der Waals surface area contributed by atoms with Gasteiger partial charge in [0.25, 0.3) is 0 Å². The zero-order valence-corrected chi connectivity index (χ0v) is 12.4. The largest absolute Gasteiger partial charge is 0.489 e. The van der Waals surface area contributed by atoms with Gasteiger partial charge < -0.3 is 4.74 Å². The fourth-order valence-corrected chi connectivity index (χ4v) is 2.33. The molecule has 0 amide bonds. The van der Waals surface area contributed by atoms with Crippen LogP contribution in [0.3, 0.4) is 0 Å². The Morgan fingerprint density at radius 1 is 1.29 bits per heavy atom. The zero-order chi connectivity index (χ0) is 14.7. The van der Waals surface area contributed by atoms with Gasteiger partial charge in [-0.2, -0.15) is 0 Å². The maximum absolute atomic E-state index is 13.7. The van der Waals surface area contributed by atoms with Crippen molar-refractivity contribution >= 4 is 22.5 Å².